The molecule has 1 unspecified atom stereocenters. The molecule has 1 N–H and O–H groups in total. The van der Waals surface area contributed by atoms with Crippen LogP contribution in [0.5, 0.6) is 0 Å². The summed E-state index contributed by atoms with van der Waals surface area (Å²) < 4.78 is 6.96. The van der Waals surface area contributed by atoms with Crippen LogP contribution in [0.15, 0.2) is 17.2 Å². The first-order chi connectivity index (χ1) is 9.75. The van der Waals surface area contributed by atoms with Gasteiger partial charge < -0.3 is 9.84 Å². The van der Waals surface area contributed by atoms with Gasteiger partial charge in [-0.05, 0) is 26.2 Å². The van der Waals surface area contributed by atoms with Gasteiger partial charge in [-0.2, -0.15) is 5.10 Å². The Labute approximate surface area is 116 Å². The van der Waals surface area contributed by atoms with Gasteiger partial charge in [0, 0.05) is 18.5 Å². The van der Waals surface area contributed by atoms with Crippen molar-refractivity contribution in [1.82, 2.24) is 25.2 Å². The van der Waals surface area contributed by atoms with E-state index in [0.29, 0.717) is 12.2 Å². The summed E-state index contributed by atoms with van der Waals surface area (Å²) in [4.78, 5) is 16.1. The van der Waals surface area contributed by atoms with Crippen LogP contribution >= 0.6 is 0 Å². The van der Waals surface area contributed by atoms with Gasteiger partial charge in [0.2, 0.25) is 0 Å². The van der Waals surface area contributed by atoms with Crippen molar-refractivity contribution in [2.45, 2.75) is 38.6 Å². The summed E-state index contributed by atoms with van der Waals surface area (Å²) in [6, 6.07) is 0.0455. The molecule has 1 aliphatic rings. The smallest absolute Gasteiger partial charge is 0.273 e. The number of carbonyl (C=O) groups excluding carboxylic acids is 1. The van der Waals surface area contributed by atoms with Crippen LogP contribution in [0.1, 0.15) is 47.6 Å². The van der Waals surface area contributed by atoms with E-state index in [2.05, 4.69) is 20.6 Å². The van der Waals surface area contributed by atoms with E-state index in [9.17, 15) is 4.79 Å². The van der Waals surface area contributed by atoms with Crippen LogP contribution in [-0.2, 0) is 12.8 Å². The minimum atomic E-state index is -0.177. The lowest BCUT2D eigenvalue weighted by molar-refractivity contribution is 0.0938. The summed E-state index contributed by atoms with van der Waals surface area (Å²) in [5, 5.41) is 10.8. The zero-order chi connectivity index (χ0) is 13.9. The zero-order valence-electron chi connectivity index (χ0n) is 11.4. The molecule has 0 saturated carbocycles. The Hall–Kier alpha value is -2.18. The van der Waals surface area contributed by atoms with E-state index in [1.165, 1.54) is 6.33 Å². The Bertz CT molecular complexity index is 590. The minimum absolute atomic E-state index is 0.0455. The van der Waals surface area contributed by atoms with Crippen LogP contribution in [0.4, 0.5) is 0 Å². The van der Waals surface area contributed by atoms with Crippen molar-refractivity contribution in [3.63, 3.8) is 0 Å². The fourth-order valence-corrected chi connectivity index (χ4v) is 2.43. The average molecular weight is 275 g/mol. The Morgan fingerprint density at radius 1 is 1.50 bits per heavy atom. The molecule has 2 aromatic heterocycles. The second-order valence-electron chi connectivity index (χ2n) is 5.07. The van der Waals surface area contributed by atoms with Crippen LogP contribution in [0, 0.1) is 0 Å². The van der Waals surface area contributed by atoms with Crippen LogP contribution < -0.4 is 5.32 Å². The predicted molar refractivity (Wildman–Crippen MR) is 70.2 cm³/mol. The maximum absolute atomic E-state index is 12.2. The molecular formula is C13H17N5O2. The van der Waals surface area contributed by atoms with E-state index in [1.54, 1.807) is 11.0 Å². The number of amides is 1. The van der Waals surface area contributed by atoms with E-state index in [4.69, 9.17) is 4.52 Å². The van der Waals surface area contributed by atoms with Gasteiger partial charge in [-0.1, -0.05) is 5.16 Å². The second-order valence-corrected chi connectivity index (χ2v) is 5.07. The molecule has 2 heterocycles. The van der Waals surface area contributed by atoms with Gasteiger partial charge in [-0.25, -0.2) is 9.67 Å². The number of nitrogens with zero attached hydrogens (tertiary/aromatic N) is 4. The average Bonchev–Trinajstić information content (AvgIpc) is 3.13. The van der Waals surface area contributed by atoms with Gasteiger partial charge >= 0.3 is 0 Å². The molecule has 0 aliphatic heterocycles. The Kier molecular flexibility index (Phi) is 3.49. The first-order valence-corrected chi connectivity index (χ1v) is 6.85. The quantitative estimate of drug-likeness (QED) is 0.904. The number of carbonyl (C=O) groups is 1. The molecule has 0 saturated heterocycles. The molecule has 7 nitrogen and oxygen atoms in total. The van der Waals surface area contributed by atoms with E-state index in [1.807, 2.05) is 6.92 Å². The number of nitrogens with one attached hydrogen (secondary N) is 1. The number of aromatic nitrogens is 4. The fraction of sp³-hybridized carbons (Fsp3) is 0.538. The lowest BCUT2D eigenvalue weighted by atomic mass is 9.96. The Morgan fingerprint density at radius 2 is 2.35 bits per heavy atom. The second kappa shape index (κ2) is 5.44. The van der Waals surface area contributed by atoms with Crippen molar-refractivity contribution in [2.24, 2.45) is 0 Å². The summed E-state index contributed by atoms with van der Waals surface area (Å²) in [6.07, 6.45) is 7.06. The highest BCUT2D eigenvalue weighted by atomic mass is 16.5. The molecule has 0 radical (unpaired) electrons. The van der Waals surface area contributed by atoms with Crippen molar-refractivity contribution in [3.05, 3.63) is 29.7 Å². The highest BCUT2D eigenvalue weighted by molar-refractivity contribution is 5.93. The van der Waals surface area contributed by atoms with E-state index < -0.39 is 0 Å². The molecular weight excluding hydrogens is 258 g/mol. The van der Waals surface area contributed by atoms with Crippen LogP contribution in [0.25, 0.3) is 0 Å². The molecule has 1 atom stereocenters. The predicted octanol–water partition coefficient (Wildman–Crippen LogP) is 1.14. The largest absolute Gasteiger partial charge is 0.360 e. The third-order valence-corrected chi connectivity index (χ3v) is 3.61. The van der Waals surface area contributed by atoms with Crippen molar-refractivity contribution in [2.75, 3.05) is 6.54 Å². The topological polar surface area (TPSA) is 85.8 Å². The summed E-state index contributed by atoms with van der Waals surface area (Å²) >= 11 is 0. The van der Waals surface area contributed by atoms with Gasteiger partial charge in [-0.15, -0.1) is 0 Å². The molecule has 3 rings (SSSR count). The lowest BCUT2D eigenvalue weighted by Gasteiger charge is -2.13. The molecule has 0 bridgehead atoms. The van der Waals surface area contributed by atoms with Crippen LogP contribution in [0.2, 0.25) is 0 Å². The maximum atomic E-state index is 12.2. The van der Waals surface area contributed by atoms with Crippen LogP contribution in [-0.4, -0.2) is 32.4 Å². The number of hydrogen-bond acceptors (Lipinski definition) is 5. The monoisotopic (exact) mass is 275 g/mol. The molecule has 2 aromatic rings. The summed E-state index contributed by atoms with van der Waals surface area (Å²) in [7, 11) is 0. The highest BCUT2D eigenvalue weighted by Crippen LogP contribution is 2.24. The van der Waals surface area contributed by atoms with Crippen molar-refractivity contribution < 1.29 is 9.32 Å². The van der Waals surface area contributed by atoms with Gasteiger partial charge in [0.1, 0.15) is 18.4 Å². The zero-order valence-corrected chi connectivity index (χ0v) is 11.4. The highest BCUT2D eigenvalue weighted by Gasteiger charge is 2.24. The van der Waals surface area contributed by atoms with Crippen molar-refractivity contribution in [1.29, 1.82) is 0 Å². The van der Waals surface area contributed by atoms with Crippen LogP contribution in [0.3, 0.4) is 0 Å². The molecule has 0 spiro atoms. The number of aryl methyl sites for hydroxylation is 1. The number of rotatable bonds is 4. The van der Waals surface area contributed by atoms with Gasteiger partial charge in [0.15, 0.2) is 5.69 Å². The molecule has 1 aliphatic carbocycles. The molecule has 20 heavy (non-hydrogen) atoms. The Morgan fingerprint density at radius 3 is 3.15 bits per heavy atom. The molecule has 0 fully saturated rings. The molecule has 0 aromatic carbocycles. The normalized spacial score (nSPS) is 15.7. The first-order valence-electron chi connectivity index (χ1n) is 6.85. The third kappa shape index (κ3) is 2.43. The SMILES string of the molecule is CC(CNC(=O)c1noc2c1CCCC2)n1cncn1. The van der Waals surface area contributed by atoms with Gasteiger partial charge in [-0.3, -0.25) is 4.79 Å². The van der Waals surface area contributed by atoms with Gasteiger partial charge in [0.25, 0.3) is 5.91 Å². The van der Waals surface area contributed by atoms with Crippen molar-refractivity contribution >= 4 is 5.91 Å². The van der Waals surface area contributed by atoms with Crippen molar-refractivity contribution in [3.8, 4) is 0 Å². The minimum Gasteiger partial charge on any atom is -0.360 e. The number of hydrogen-bond donors (Lipinski definition) is 1. The van der Waals surface area contributed by atoms with Gasteiger partial charge in [0.05, 0.1) is 6.04 Å². The molecule has 7 heteroatoms. The summed E-state index contributed by atoms with van der Waals surface area (Å²) in [6.45, 7) is 2.44. The summed E-state index contributed by atoms with van der Waals surface area (Å²) in [5.74, 6) is 0.689. The van der Waals surface area contributed by atoms with E-state index >= 15 is 0 Å². The van der Waals surface area contributed by atoms with E-state index in [0.717, 1.165) is 37.0 Å². The Balaban J connectivity index is 1.63. The molecule has 106 valence electrons. The fourth-order valence-electron chi connectivity index (χ4n) is 2.43. The summed E-state index contributed by atoms with van der Waals surface area (Å²) in [5.41, 5.74) is 1.41. The molecule has 1 amide bonds. The standard InChI is InChI=1S/C13H17N5O2/c1-9(18-8-14-7-16-18)6-15-13(19)12-10-4-2-3-5-11(10)20-17-12/h7-9H,2-6H2,1H3,(H,15,19). The first kappa shape index (κ1) is 12.8. The van der Waals surface area contributed by atoms with E-state index in [-0.39, 0.29) is 11.9 Å². The number of fused-ring (bicyclic) bond motifs is 1. The lowest BCUT2D eigenvalue weighted by Crippen LogP contribution is -2.30. The third-order valence-electron chi connectivity index (χ3n) is 3.61. The maximum Gasteiger partial charge on any atom is 0.273 e.